The van der Waals surface area contributed by atoms with Crippen molar-refractivity contribution in [1.82, 2.24) is 5.32 Å². The van der Waals surface area contributed by atoms with Gasteiger partial charge in [0, 0.05) is 16.6 Å². The molecule has 0 aliphatic heterocycles. The summed E-state index contributed by atoms with van der Waals surface area (Å²) in [6.07, 6.45) is 4.73. The summed E-state index contributed by atoms with van der Waals surface area (Å²) in [4.78, 5) is 4.15. The number of halogens is 3. The Labute approximate surface area is 134 Å². The molecular weight excluding hydrogens is 380 g/mol. The van der Waals surface area contributed by atoms with Crippen molar-refractivity contribution in [2.75, 3.05) is 0 Å². The van der Waals surface area contributed by atoms with E-state index >= 15 is 0 Å². The Hall–Kier alpha value is -0.560. The van der Waals surface area contributed by atoms with Gasteiger partial charge in [0.15, 0.2) is 5.96 Å². The smallest absolute Gasteiger partial charge is 0.189 e. The number of hydrogen-bond donors (Lipinski definition) is 2. The summed E-state index contributed by atoms with van der Waals surface area (Å²) in [6.45, 7) is 0.231. The van der Waals surface area contributed by atoms with Crippen LogP contribution in [0.25, 0.3) is 0 Å². The first-order chi connectivity index (χ1) is 8.65. The van der Waals surface area contributed by atoms with Crippen LogP contribution in [-0.2, 0) is 6.54 Å². The molecule has 1 aliphatic rings. The first-order valence-electron chi connectivity index (χ1n) is 6.15. The fraction of sp³-hybridized carbons (Fsp3) is 0.462. The van der Waals surface area contributed by atoms with E-state index in [1.54, 1.807) is 12.1 Å². The monoisotopic (exact) mass is 397 g/mol. The van der Waals surface area contributed by atoms with E-state index in [0.29, 0.717) is 22.6 Å². The first kappa shape index (κ1) is 16.5. The van der Waals surface area contributed by atoms with Crippen molar-refractivity contribution in [1.29, 1.82) is 0 Å². The van der Waals surface area contributed by atoms with Crippen LogP contribution in [0.1, 0.15) is 31.2 Å². The van der Waals surface area contributed by atoms with Gasteiger partial charge < -0.3 is 11.1 Å². The first-order valence-corrected chi connectivity index (χ1v) is 6.53. The Bertz CT molecular complexity index is 448. The number of hydrogen-bond acceptors (Lipinski definition) is 1. The summed E-state index contributed by atoms with van der Waals surface area (Å²) in [6, 6.07) is 4.98. The maximum Gasteiger partial charge on any atom is 0.189 e. The molecule has 3 N–H and O–H groups in total. The van der Waals surface area contributed by atoms with Gasteiger partial charge in [0.1, 0.15) is 5.82 Å². The molecule has 0 amide bonds. The minimum absolute atomic E-state index is 0. The number of nitrogens with one attached hydrogen (secondary N) is 1. The molecule has 0 radical (unpaired) electrons. The van der Waals surface area contributed by atoms with Crippen molar-refractivity contribution in [3.63, 3.8) is 0 Å². The Morgan fingerprint density at radius 2 is 2.11 bits per heavy atom. The van der Waals surface area contributed by atoms with Crippen LogP contribution in [0.3, 0.4) is 0 Å². The van der Waals surface area contributed by atoms with Gasteiger partial charge in [0.05, 0.1) is 6.54 Å². The lowest BCUT2D eigenvalue weighted by Crippen LogP contribution is -2.38. The highest BCUT2D eigenvalue weighted by atomic mass is 127. The van der Waals surface area contributed by atoms with E-state index in [9.17, 15) is 4.39 Å². The van der Waals surface area contributed by atoms with Crippen LogP contribution in [0.2, 0.25) is 5.02 Å². The molecule has 0 bridgehead atoms. The van der Waals surface area contributed by atoms with Gasteiger partial charge in [-0.2, -0.15) is 0 Å². The zero-order valence-corrected chi connectivity index (χ0v) is 13.6. The predicted octanol–water partition coefficient (Wildman–Crippen LogP) is 3.44. The van der Waals surface area contributed by atoms with Gasteiger partial charge in [-0.1, -0.05) is 30.5 Å². The van der Waals surface area contributed by atoms with Crippen LogP contribution in [0.5, 0.6) is 0 Å². The van der Waals surface area contributed by atoms with Crippen LogP contribution < -0.4 is 11.1 Å². The van der Waals surface area contributed by atoms with Crippen molar-refractivity contribution >= 4 is 41.5 Å². The van der Waals surface area contributed by atoms with Crippen LogP contribution in [0.4, 0.5) is 4.39 Å². The second-order valence-electron chi connectivity index (χ2n) is 4.56. The van der Waals surface area contributed by atoms with E-state index < -0.39 is 0 Å². The van der Waals surface area contributed by atoms with Crippen LogP contribution in [0.15, 0.2) is 23.2 Å². The lowest BCUT2D eigenvalue weighted by Gasteiger charge is -2.12. The topological polar surface area (TPSA) is 50.4 Å². The van der Waals surface area contributed by atoms with Gasteiger partial charge in [-0.15, -0.1) is 24.0 Å². The Kier molecular flexibility index (Phi) is 6.85. The summed E-state index contributed by atoms with van der Waals surface area (Å²) in [5.74, 6) is 0.0381. The fourth-order valence-corrected chi connectivity index (χ4v) is 2.30. The fourth-order valence-electron chi connectivity index (χ4n) is 2.15. The molecule has 3 nitrogen and oxygen atoms in total. The van der Waals surface area contributed by atoms with Crippen molar-refractivity contribution in [2.45, 2.75) is 38.3 Å². The van der Waals surface area contributed by atoms with Crippen molar-refractivity contribution < 1.29 is 4.39 Å². The van der Waals surface area contributed by atoms with E-state index in [2.05, 4.69) is 10.3 Å². The SMILES string of the molecule is I.NC(=NCc1ccc(Cl)cc1F)NC1CCCC1. The molecule has 0 saturated heterocycles. The van der Waals surface area contributed by atoms with E-state index in [1.165, 1.54) is 18.9 Å². The highest BCUT2D eigenvalue weighted by Gasteiger charge is 2.14. The summed E-state index contributed by atoms with van der Waals surface area (Å²) in [7, 11) is 0. The molecule has 0 aromatic heterocycles. The molecule has 1 aromatic rings. The molecule has 106 valence electrons. The molecule has 1 aliphatic carbocycles. The molecule has 1 fully saturated rings. The number of nitrogens with zero attached hydrogens (tertiary/aromatic N) is 1. The molecule has 0 spiro atoms. The molecule has 1 aromatic carbocycles. The molecule has 0 atom stereocenters. The maximum atomic E-state index is 13.5. The summed E-state index contributed by atoms with van der Waals surface area (Å²) in [5, 5.41) is 3.55. The molecule has 0 heterocycles. The van der Waals surface area contributed by atoms with Gasteiger partial charge in [-0.25, -0.2) is 9.38 Å². The molecule has 0 unspecified atom stereocenters. The normalized spacial score (nSPS) is 16.2. The highest BCUT2D eigenvalue weighted by molar-refractivity contribution is 14.0. The van der Waals surface area contributed by atoms with E-state index in [4.69, 9.17) is 17.3 Å². The van der Waals surface area contributed by atoms with Gasteiger partial charge >= 0.3 is 0 Å². The number of rotatable bonds is 3. The zero-order valence-electron chi connectivity index (χ0n) is 10.5. The zero-order chi connectivity index (χ0) is 13.0. The number of benzene rings is 1. The third-order valence-corrected chi connectivity index (χ3v) is 3.38. The number of aliphatic imine (C=N–C) groups is 1. The minimum Gasteiger partial charge on any atom is -0.370 e. The second-order valence-corrected chi connectivity index (χ2v) is 5.00. The highest BCUT2D eigenvalue weighted by Crippen LogP contribution is 2.17. The predicted molar refractivity (Wildman–Crippen MR) is 87.5 cm³/mol. The van der Waals surface area contributed by atoms with Gasteiger partial charge in [0.2, 0.25) is 0 Å². The third-order valence-electron chi connectivity index (χ3n) is 3.14. The summed E-state index contributed by atoms with van der Waals surface area (Å²) in [5.41, 5.74) is 6.27. The van der Waals surface area contributed by atoms with E-state index in [-0.39, 0.29) is 36.3 Å². The van der Waals surface area contributed by atoms with E-state index in [1.807, 2.05) is 0 Å². The third kappa shape index (κ3) is 5.14. The standard InChI is InChI=1S/C13H17ClFN3.HI/c14-10-6-5-9(12(15)7-10)8-17-13(16)18-11-3-1-2-4-11;/h5-7,11H,1-4,8H2,(H3,16,17,18);1H. The lowest BCUT2D eigenvalue weighted by atomic mass is 10.2. The van der Waals surface area contributed by atoms with Crippen molar-refractivity contribution in [2.24, 2.45) is 10.7 Å². The molecule has 6 heteroatoms. The van der Waals surface area contributed by atoms with Gasteiger partial charge in [0.25, 0.3) is 0 Å². The quantitative estimate of drug-likeness (QED) is 0.466. The minimum atomic E-state index is -0.347. The summed E-state index contributed by atoms with van der Waals surface area (Å²) >= 11 is 5.68. The lowest BCUT2D eigenvalue weighted by molar-refractivity contribution is 0.607. The number of nitrogens with two attached hydrogens (primary N) is 1. The number of guanidine groups is 1. The average Bonchev–Trinajstić information content (AvgIpc) is 2.80. The van der Waals surface area contributed by atoms with Crippen molar-refractivity contribution in [3.05, 3.63) is 34.6 Å². The molecular formula is C13H18ClFIN3. The second kappa shape index (κ2) is 7.89. The molecule has 1 saturated carbocycles. The Morgan fingerprint density at radius 1 is 1.42 bits per heavy atom. The Balaban J connectivity index is 0.00000180. The van der Waals surface area contributed by atoms with Crippen LogP contribution >= 0.6 is 35.6 Å². The average molecular weight is 398 g/mol. The molecule has 19 heavy (non-hydrogen) atoms. The molecule has 2 rings (SSSR count). The van der Waals surface area contributed by atoms with Gasteiger partial charge in [-0.3, -0.25) is 0 Å². The van der Waals surface area contributed by atoms with Crippen molar-refractivity contribution in [3.8, 4) is 0 Å². The van der Waals surface area contributed by atoms with Crippen LogP contribution in [-0.4, -0.2) is 12.0 Å². The van der Waals surface area contributed by atoms with E-state index in [0.717, 1.165) is 12.8 Å². The largest absolute Gasteiger partial charge is 0.370 e. The van der Waals surface area contributed by atoms with Gasteiger partial charge in [-0.05, 0) is 25.0 Å². The summed E-state index contributed by atoms with van der Waals surface area (Å²) < 4.78 is 13.5. The van der Waals surface area contributed by atoms with Crippen LogP contribution in [0, 0.1) is 5.82 Å². The Morgan fingerprint density at radius 3 is 2.74 bits per heavy atom. The maximum absolute atomic E-state index is 13.5.